The van der Waals surface area contributed by atoms with Crippen LogP contribution >= 0.6 is 0 Å². The second-order valence-corrected chi connectivity index (χ2v) is 6.90. The van der Waals surface area contributed by atoms with Crippen LogP contribution in [0.5, 0.6) is 0 Å². The van der Waals surface area contributed by atoms with Crippen molar-refractivity contribution in [2.24, 2.45) is 0 Å². The molecule has 2 aromatic carbocycles. The van der Waals surface area contributed by atoms with Gasteiger partial charge in [0.25, 0.3) is 0 Å². The van der Waals surface area contributed by atoms with Crippen LogP contribution in [0.2, 0.25) is 0 Å². The Morgan fingerprint density at radius 1 is 1.00 bits per heavy atom. The number of sulfonamides is 1. The predicted molar refractivity (Wildman–Crippen MR) is 92.6 cm³/mol. The molecular weight excluding hydrogens is 344 g/mol. The number of nitrogens with one attached hydrogen (secondary N) is 2. The van der Waals surface area contributed by atoms with Crippen LogP contribution in [-0.2, 0) is 19.6 Å². The molecule has 0 aliphatic heterocycles. The average Bonchev–Trinajstić information content (AvgIpc) is 2.62. The molecule has 0 spiro atoms. The summed E-state index contributed by atoms with van der Waals surface area (Å²) in [7, 11) is -2.60. The first kappa shape index (κ1) is 18.6. The van der Waals surface area contributed by atoms with Crippen molar-refractivity contribution < 1.29 is 22.7 Å². The Kier molecular flexibility index (Phi) is 5.89. The summed E-state index contributed by atoms with van der Waals surface area (Å²) in [6.07, 6.45) is 0. The lowest BCUT2D eigenvalue weighted by Gasteiger charge is -2.15. The van der Waals surface area contributed by atoms with Gasteiger partial charge in [-0.3, -0.25) is 4.79 Å². The van der Waals surface area contributed by atoms with Gasteiger partial charge in [-0.15, -0.1) is 0 Å². The normalized spacial score (nSPS) is 12.2. The lowest BCUT2D eigenvalue weighted by molar-refractivity contribution is -0.117. The van der Waals surface area contributed by atoms with Crippen molar-refractivity contribution in [3.05, 3.63) is 60.2 Å². The van der Waals surface area contributed by atoms with Gasteiger partial charge in [0, 0.05) is 0 Å². The maximum absolute atomic E-state index is 12.3. The lowest BCUT2D eigenvalue weighted by atomic mass is 10.1. The topological polar surface area (TPSA) is 102 Å². The standard InChI is InChI=1S/C17H18N2O5S/c1-12(19-25(22,23)13-8-4-3-5-9-13)16(20)18-15-11-7-6-10-14(15)17(21)24-2/h3-12,19H,1-2H3,(H,18,20). The van der Waals surface area contributed by atoms with E-state index in [0.29, 0.717) is 0 Å². The average molecular weight is 362 g/mol. The second-order valence-electron chi connectivity index (χ2n) is 5.18. The first-order chi connectivity index (χ1) is 11.8. The van der Waals surface area contributed by atoms with E-state index < -0.39 is 27.9 Å². The van der Waals surface area contributed by atoms with Gasteiger partial charge in [0.05, 0.1) is 29.3 Å². The van der Waals surface area contributed by atoms with Crippen molar-refractivity contribution in [2.75, 3.05) is 12.4 Å². The summed E-state index contributed by atoms with van der Waals surface area (Å²) in [4.78, 5) is 24.1. The summed E-state index contributed by atoms with van der Waals surface area (Å²) in [5.41, 5.74) is 0.418. The highest BCUT2D eigenvalue weighted by Crippen LogP contribution is 2.16. The third-order valence-electron chi connectivity index (χ3n) is 3.37. The Morgan fingerprint density at radius 3 is 2.24 bits per heavy atom. The van der Waals surface area contributed by atoms with E-state index in [1.807, 2.05) is 0 Å². The fourth-order valence-corrected chi connectivity index (χ4v) is 3.30. The number of methoxy groups -OCH3 is 1. The summed E-state index contributed by atoms with van der Waals surface area (Å²) in [6.45, 7) is 1.41. The molecular formula is C17H18N2O5S. The molecule has 0 aromatic heterocycles. The van der Waals surface area contributed by atoms with Crippen molar-refractivity contribution in [2.45, 2.75) is 17.9 Å². The number of hydrogen-bond donors (Lipinski definition) is 2. The Balaban J connectivity index is 2.13. The molecule has 2 N–H and O–H groups in total. The monoisotopic (exact) mass is 362 g/mol. The quantitative estimate of drug-likeness (QED) is 0.763. The molecule has 0 fully saturated rings. The van der Waals surface area contributed by atoms with Gasteiger partial charge in [-0.25, -0.2) is 13.2 Å². The van der Waals surface area contributed by atoms with Crippen LogP contribution in [0, 0.1) is 0 Å². The number of para-hydroxylation sites is 1. The zero-order valence-corrected chi connectivity index (χ0v) is 14.5. The number of hydrogen-bond acceptors (Lipinski definition) is 5. The zero-order valence-electron chi connectivity index (χ0n) is 13.7. The molecule has 1 unspecified atom stereocenters. The van der Waals surface area contributed by atoms with E-state index in [-0.39, 0.29) is 16.1 Å². The SMILES string of the molecule is COC(=O)c1ccccc1NC(=O)C(C)NS(=O)(=O)c1ccccc1. The number of ether oxygens (including phenoxy) is 1. The number of amides is 1. The summed E-state index contributed by atoms with van der Waals surface area (Å²) in [5, 5.41) is 2.53. The number of carbonyl (C=O) groups is 2. The number of benzene rings is 2. The minimum absolute atomic E-state index is 0.0598. The molecule has 1 amide bonds. The first-order valence-corrected chi connectivity index (χ1v) is 8.89. The number of carbonyl (C=O) groups excluding carboxylic acids is 2. The summed E-state index contributed by atoms with van der Waals surface area (Å²) in [5.74, 6) is -1.20. The third-order valence-corrected chi connectivity index (χ3v) is 4.93. The summed E-state index contributed by atoms with van der Waals surface area (Å²) < 4.78 is 31.5. The van der Waals surface area contributed by atoms with Crippen molar-refractivity contribution in [1.29, 1.82) is 0 Å². The van der Waals surface area contributed by atoms with Gasteiger partial charge in [-0.2, -0.15) is 4.72 Å². The minimum atomic E-state index is -3.83. The third kappa shape index (κ3) is 4.65. The van der Waals surface area contributed by atoms with Crippen LogP contribution in [-0.4, -0.2) is 33.4 Å². The van der Waals surface area contributed by atoms with Crippen LogP contribution in [0.15, 0.2) is 59.5 Å². The molecule has 0 aliphatic carbocycles. The van der Waals surface area contributed by atoms with Crippen LogP contribution in [0.4, 0.5) is 5.69 Å². The van der Waals surface area contributed by atoms with Gasteiger partial charge in [0.2, 0.25) is 15.9 Å². The van der Waals surface area contributed by atoms with E-state index in [1.165, 1.54) is 38.3 Å². The van der Waals surface area contributed by atoms with E-state index in [1.54, 1.807) is 30.3 Å². The minimum Gasteiger partial charge on any atom is -0.465 e. The zero-order chi connectivity index (χ0) is 18.4. The second kappa shape index (κ2) is 7.91. The van der Waals surface area contributed by atoms with E-state index >= 15 is 0 Å². The Labute approximate surface area is 146 Å². The molecule has 25 heavy (non-hydrogen) atoms. The van der Waals surface area contributed by atoms with E-state index in [2.05, 4.69) is 14.8 Å². The largest absolute Gasteiger partial charge is 0.465 e. The number of esters is 1. The van der Waals surface area contributed by atoms with Crippen LogP contribution in [0.25, 0.3) is 0 Å². The van der Waals surface area contributed by atoms with Crippen molar-refractivity contribution in [3.63, 3.8) is 0 Å². The summed E-state index contributed by atoms with van der Waals surface area (Å²) in [6, 6.07) is 13.0. The lowest BCUT2D eigenvalue weighted by Crippen LogP contribution is -2.41. The molecule has 7 nitrogen and oxygen atoms in total. The Hall–Kier alpha value is -2.71. The fourth-order valence-electron chi connectivity index (χ4n) is 2.07. The molecule has 0 radical (unpaired) electrons. The summed E-state index contributed by atoms with van der Waals surface area (Å²) >= 11 is 0. The Morgan fingerprint density at radius 2 is 1.60 bits per heavy atom. The molecule has 1 atom stereocenters. The maximum Gasteiger partial charge on any atom is 0.339 e. The number of anilines is 1. The van der Waals surface area contributed by atoms with Gasteiger partial charge < -0.3 is 10.1 Å². The van der Waals surface area contributed by atoms with Gasteiger partial charge in [0.15, 0.2) is 0 Å². The van der Waals surface area contributed by atoms with Gasteiger partial charge >= 0.3 is 5.97 Å². The van der Waals surface area contributed by atoms with Crippen molar-refractivity contribution in [3.8, 4) is 0 Å². The molecule has 0 saturated carbocycles. The van der Waals surface area contributed by atoms with Crippen LogP contribution in [0.1, 0.15) is 17.3 Å². The first-order valence-electron chi connectivity index (χ1n) is 7.40. The molecule has 8 heteroatoms. The fraction of sp³-hybridized carbons (Fsp3) is 0.176. The van der Waals surface area contributed by atoms with Gasteiger partial charge in [-0.05, 0) is 31.2 Å². The molecule has 0 saturated heterocycles. The van der Waals surface area contributed by atoms with Crippen molar-refractivity contribution >= 4 is 27.6 Å². The maximum atomic E-state index is 12.3. The highest BCUT2D eigenvalue weighted by Gasteiger charge is 2.23. The van der Waals surface area contributed by atoms with Crippen molar-refractivity contribution in [1.82, 2.24) is 4.72 Å². The Bertz CT molecular complexity index is 866. The van der Waals surface area contributed by atoms with E-state index in [9.17, 15) is 18.0 Å². The highest BCUT2D eigenvalue weighted by atomic mass is 32.2. The molecule has 0 aliphatic rings. The van der Waals surface area contributed by atoms with Gasteiger partial charge in [0.1, 0.15) is 0 Å². The smallest absolute Gasteiger partial charge is 0.339 e. The van der Waals surface area contributed by atoms with E-state index in [0.717, 1.165) is 0 Å². The molecule has 132 valence electrons. The highest BCUT2D eigenvalue weighted by molar-refractivity contribution is 7.89. The molecule has 2 rings (SSSR count). The molecule has 0 bridgehead atoms. The predicted octanol–water partition coefficient (Wildman–Crippen LogP) is 1.78. The number of rotatable bonds is 6. The van der Waals surface area contributed by atoms with E-state index in [4.69, 9.17) is 0 Å². The molecule has 2 aromatic rings. The molecule has 0 heterocycles. The van der Waals surface area contributed by atoms with Crippen LogP contribution < -0.4 is 10.0 Å². The van der Waals surface area contributed by atoms with Gasteiger partial charge in [-0.1, -0.05) is 30.3 Å². The van der Waals surface area contributed by atoms with Crippen LogP contribution in [0.3, 0.4) is 0 Å².